The molecule has 0 heterocycles. The Bertz CT molecular complexity index is 588. The number of ketones is 1. The Balaban J connectivity index is 2.55. The Morgan fingerprint density at radius 2 is 2.11 bits per heavy atom. The molecule has 0 unspecified atom stereocenters. The fraction of sp³-hybridized carbons (Fsp3) is 0.333. The summed E-state index contributed by atoms with van der Waals surface area (Å²) >= 11 is 6.26. The van der Waals surface area contributed by atoms with Crippen molar-refractivity contribution in [3.8, 4) is 0 Å². The van der Waals surface area contributed by atoms with Crippen molar-refractivity contribution in [3.63, 3.8) is 0 Å². The van der Waals surface area contributed by atoms with E-state index in [9.17, 15) is 4.79 Å². The number of hydrogen-bond donors (Lipinski definition) is 1. The molecule has 0 atom stereocenters. The van der Waals surface area contributed by atoms with E-state index in [2.05, 4.69) is 4.99 Å². The molecule has 0 radical (unpaired) electrons. The number of benzene rings is 1. The van der Waals surface area contributed by atoms with Crippen LogP contribution in [0.4, 0.5) is 0 Å². The lowest BCUT2D eigenvalue weighted by Gasteiger charge is -2.18. The maximum Gasteiger partial charge on any atom is 0.166 e. The molecule has 0 fully saturated rings. The SMILES string of the molecule is CN=C(C1=C(N)CCCC1=O)c1ccc(C)cc1Cl. The Morgan fingerprint density at radius 3 is 2.68 bits per heavy atom. The van der Waals surface area contributed by atoms with Crippen LogP contribution in [0.15, 0.2) is 34.5 Å². The summed E-state index contributed by atoms with van der Waals surface area (Å²) in [6.45, 7) is 1.97. The van der Waals surface area contributed by atoms with Crippen molar-refractivity contribution >= 4 is 23.1 Å². The number of aryl methyl sites for hydroxylation is 1. The fourth-order valence-electron chi connectivity index (χ4n) is 2.33. The normalized spacial score (nSPS) is 17.0. The summed E-state index contributed by atoms with van der Waals surface area (Å²) < 4.78 is 0. The first kappa shape index (κ1) is 13.8. The molecule has 4 heteroatoms. The van der Waals surface area contributed by atoms with E-state index in [0.717, 1.165) is 24.0 Å². The van der Waals surface area contributed by atoms with Crippen molar-refractivity contribution in [2.24, 2.45) is 10.7 Å². The first-order valence-corrected chi connectivity index (χ1v) is 6.68. The molecule has 1 aliphatic carbocycles. The number of aliphatic imine (C=N–C) groups is 1. The minimum atomic E-state index is 0.0565. The lowest BCUT2D eigenvalue weighted by molar-refractivity contribution is -0.115. The van der Waals surface area contributed by atoms with Gasteiger partial charge in [-0.25, -0.2) is 0 Å². The number of halogens is 1. The van der Waals surface area contributed by atoms with E-state index >= 15 is 0 Å². The maximum absolute atomic E-state index is 12.1. The fourth-order valence-corrected chi connectivity index (χ4v) is 2.66. The molecule has 1 aliphatic rings. The predicted molar refractivity (Wildman–Crippen MR) is 78.7 cm³/mol. The topological polar surface area (TPSA) is 55.4 Å². The molecule has 0 saturated heterocycles. The zero-order valence-electron chi connectivity index (χ0n) is 11.2. The summed E-state index contributed by atoms with van der Waals surface area (Å²) in [5.41, 5.74) is 9.60. The summed E-state index contributed by atoms with van der Waals surface area (Å²) in [5.74, 6) is 0.0565. The van der Waals surface area contributed by atoms with E-state index in [4.69, 9.17) is 17.3 Å². The zero-order valence-corrected chi connectivity index (χ0v) is 11.9. The van der Waals surface area contributed by atoms with Crippen molar-refractivity contribution in [2.75, 3.05) is 7.05 Å². The van der Waals surface area contributed by atoms with Gasteiger partial charge in [-0.1, -0.05) is 23.7 Å². The number of Topliss-reactive ketones (excluding diaryl/α,β-unsaturated/α-hetero) is 1. The van der Waals surface area contributed by atoms with Gasteiger partial charge in [-0.05, 0) is 31.4 Å². The standard InChI is InChI=1S/C15H17ClN2O/c1-9-6-7-10(11(16)8-9)15(18-2)14-12(17)4-3-5-13(14)19/h6-8H,3-5,17H2,1-2H3. The smallest absolute Gasteiger partial charge is 0.166 e. The van der Waals surface area contributed by atoms with Crippen LogP contribution in [0.2, 0.25) is 5.02 Å². The molecule has 3 nitrogen and oxygen atoms in total. The van der Waals surface area contributed by atoms with E-state index in [1.807, 2.05) is 25.1 Å². The molecule has 2 N–H and O–H groups in total. The van der Waals surface area contributed by atoms with Crippen LogP contribution in [0.3, 0.4) is 0 Å². The first-order valence-electron chi connectivity index (χ1n) is 6.30. The number of nitrogens with zero attached hydrogens (tertiary/aromatic N) is 1. The number of carbonyl (C=O) groups is 1. The molecule has 100 valence electrons. The Morgan fingerprint density at radius 1 is 1.37 bits per heavy atom. The van der Waals surface area contributed by atoms with Crippen molar-refractivity contribution in [1.82, 2.24) is 0 Å². The second-order valence-electron chi connectivity index (χ2n) is 4.73. The molecule has 19 heavy (non-hydrogen) atoms. The van der Waals surface area contributed by atoms with Crippen LogP contribution in [0, 0.1) is 6.92 Å². The molecule has 2 rings (SSSR count). The summed E-state index contributed by atoms with van der Waals surface area (Å²) in [4.78, 5) is 16.3. The quantitative estimate of drug-likeness (QED) is 0.844. The van der Waals surface area contributed by atoms with Crippen molar-refractivity contribution < 1.29 is 4.79 Å². The summed E-state index contributed by atoms with van der Waals surface area (Å²) in [6, 6.07) is 5.71. The Hall–Kier alpha value is -1.61. The average molecular weight is 277 g/mol. The van der Waals surface area contributed by atoms with Gasteiger partial charge < -0.3 is 5.73 Å². The maximum atomic E-state index is 12.1. The van der Waals surface area contributed by atoms with Gasteiger partial charge >= 0.3 is 0 Å². The van der Waals surface area contributed by atoms with E-state index < -0.39 is 0 Å². The lowest BCUT2D eigenvalue weighted by atomic mass is 9.88. The van der Waals surface area contributed by atoms with Crippen molar-refractivity contribution in [3.05, 3.63) is 45.6 Å². The van der Waals surface area contributed by atoms with Crippen LogP contribution in [0.1, 0.15) is 30.4 Å². The molecule has 0 aromatic heterocycles. The molecule has 0 bridgehead atoms. The number of nitrogens with two attached hydrogens (primary N) is 1. The molecular formula is C15H17ClN2O. The average Bonchev–Trinajstić information content (AvgIpc) is 2.35. The second-order valence-corrected chi connectivity index (χ2v) is 5.14. The highest BCUT2D eigenvalue weighted by Crippen LogP contribution is 2.26. The van der Waals surface area contributed by atoms with Crippen LogP contribution in [-0.2, 0) is 4.79 Å². The van der Waals surface area contributed by atoms with Crippen molar-refractivity contribution in [1.29, 1.82) is 0 Å². The summed E-state index contributed by atoms with van der Waals surface area (Å²) in [7, 11) is 1.66. The minimum absolute atomic E-state index is 0.0565. The molecular weight excluding hydrogens is 260 g/mol. The van der Waals surface area contributed by atoms with Gasteiger partial charge in [0.25, 0.3) is 0 Å². The van der Waals surface area contributed by atoms with Gasteiger partial charge in [0, 0.05) is 24.7 Å². The van der Waals surface area contributed by atoms with Gasteiger partial charge in [0.15, 0.2) is 5.78 Å². The van der Waals surface area contributed by atoms with Gasteiger partial charge in [-0.2, -0.15) is 0 Å². The van der Waals surface area contributed by atoms with Crippen LogP contribution >= 0.6 is 11.6 Å². The first-order chi connectivity index (χ1) is 9.04. The Labute approximate surface area is 118 Å². The summed E-state index contributed by atoms with van der Waals surface area (Å²) in [6.07, 6.45) is 2.08. The number of carbonyl (C=O) groups excluding carboxylic acids is 1. The lowest BCUT2D eigenvalue weighted by Crippen LogP contribution is -2.23. The van der Waals surface area contributed by atoms with E-state index in [1.165, 1.54) is 0 Å². The summed E-state index contributed by atoms with van der Waals surface area (Å²) in [5, 5.41) is 0.597. The molecule has 1 aromatic carbocycles. The monoisotopic (exact) mass is 276 g/mol. The molecule has 1 aromatic rings. The third-order valence-corrected chi connectivity index (χ3v) is 3.60. The van der Waals surface area contributed by atoms with E-state index in [1.54, 1.807) is 7.05 Å². The third kappa shape index (κ3) is 2.71. The van der Waals surface area contributed by atoms with Crippen LogP contribution in [0.5, 0.6) is 0 Å². The van der Waals surface area contributed by atoms with Gasteiger partial charge in [0.1, 0.15) is 0 Å². The second kappa shape index (κ2) is 5.57. The van der Waals surface area contributed by atoms with Gasteiger partial charge in [-0.15, -0.1) is 0 Å². The highest BCUT2D eigenvalue weighted by atomic mass is 35.5. The van der Waals surface area contributed by atoms with E-state index in [0.29, 0.717) is 28.4 Å². The Kier molecular flexibility index (Phi) is 4.05. The van der Waals surface area contributed by atoms with Gasteiger partial charge in [-0.3, -0.25) is 9.79 Å². The van der Waals surface area contributed by atoms with Gasteiger partial charge in [0.2, 0.25) is 0 Å². The highest BCUT2D eigenvalue weighted by Gasteiger charge is 2.25. The number of hydrogen-bond acceptors (Lipinski definition) is 3. The molecule has 0 amide bonds. The molecule has 0 aliphatic heterocycles. The largest absolute Gasteiger partial charge is 0.401 e. The van der Waals surface area contributed by atoms with Crippen LogP contribution < -0.4 is 5.73 Å². The van der Waals surface area contributed by atoms with Crippen LogP contribution in [0.25, 0.3) is 0 Å². The molecule has 0 spiro atoms. The van der Waals surface area contributed by atoms with E-state index in [-0.39, 0.29) is 5.78 Å². The number of allylic oxidation sites excluding steroid dienone is 2. The molecule has 0 saturated carbocycles. The number of rotatable bonds is 2. The van der Waals surface area contributed by atoms with Gasteiger partial charge in [0.05, 0.1) is 16.3 Å². The van der Waals surface area contributed by atoms with Crippen molar-refractivity contribution in [2.45, 2.75) is 26.2 Å². The predicted octanol–water partition coefficient (Wildman–Crippen LogP) is 3.03. The third-order valence-electron chi connectivity index (χ3n) is 3.29. The zero-order chi connectivity index (χ0) is 14.0. The minimum Gasteiger partial charge on any atom is -0.401 e. The highest BCUT2D eigenvalue weighted by molar-refractivity contribution is 6.38. The van der Waals surface area contributed by atoms with Crippen LogP contribution in [-0.4, -0.2) is 18.5 Å².